The van der Waals surface area contributed by atoms with E-state index in [1.165, 1.54) is 12.1 Å². The molecule has 0 aliphatic carbocycles. The van der Waals surface area contributed by atoms with Gasteiger partial charge in [0.25, 0.3) is 5.69 Å². The monoisotopic (exact) mass is 194 g/mol. The zero-order valence-electron chi connectivity index (χ0n) is 7.64. The quantitative estimate of drug-likeness (QED) is 0.447. The molecule has 74 valence electrons. The standard InChI is InChI=1S/C9H10N2O3/c1-7(10-6-12)8-2-4-9(5-3-8)11(13)14/h2-7H,1H3,(H,10,12)/t7-/m1/s1. The van der Waals surface area contributed by atoms with E-state index in [9.17, 15) is 14.9 Å². The molecule has 1 aromatic rings. The second-order valence-electron chi connectivity index (χ2n) is 2.85. The van der Waals surface area contributed by atoms with Crippen molar-refractivity contribution in [3.8, 4) is 0 Å². The second-order valence-corrected chi connectivity index (χ2v) is 2.85. The third-order valence-corrected chi connectivity index (χ3v) is 1.92. The van der Waals surface area contributed by atoms with Crippen molar-refractivity contribution in [2.45, 2.75) is 13.0 Å². The fourth-order valence-corrected chi connectivity index (χ4v) is 1.08. The van der Waals surface area contributed by atoms with E-state index in [1.807, 2.05) is 0 Å². The maximum Gasteiger partial charge on any atom is 0.269 e. The van der Waals surface area contributed by atoms with Crippen molar-refractivity contribution < 1.29 is 9.72 Å². The maximum atomic E-state index is 10.3. The molecule has 0 spiro atoms. The molecular formula is C9H10N2O3. The summed E-state index contributed by atoms with van der Waals surface area (Å²) in [7, 11) is 0. The highest BCUT2D eigenvalue weighted by Gasteiger charge is 2.07. The number of nitrogens with zero attached hydrogens (tertiary/aromatic N) is 1. The smallest absolute Gasteiger partial charge is 0.269 e. The van der Waals surface area contributed by atoms with Gasteiger partial charge in [-0.1, -0.05) is 12.1 Å². The summed E-state index contributed by atoms with van der Waals surface area (Å²) >= 11 is 0. The molecule has 0 saturated carbocycles. The lowest BCUT2D eigenvalue weighted by atomic mass is 10.1. The highest BCUT2D eigenvalue weighted by molar-refractivity contribution is 5.48. The van der Waals surface area contributed by atoms with Crippen molar-refractivity contribution in [3.05, 3.63) is 39.9 Å². The summed E-state index contributed by atoms with van der Waals surface area (Å²) < 4.78 is 0. The van der Waals surface area contributed by atoms with Gasteiger partial charge in [0.1, 0.15) is 0 Å². The molecule has 1 atom stereocenters. The Balaban J connectivity index is 2.82. The van der Waals surface area contributed by atoms with Crippen LogP contribution in [0.4, 0.5) is 5.69 Å². The summed E-state index contributed by atoms with van der Waals surface area (Å²) in [6, 6.07) is 5.95. The molecule has 1 aromatic carbocycles. The van der Waals surface area contributed by atoms with Gasteiger partial charge in [0.15, 0.2) is 0 Å². The molecule has 14 heavy (non-hydrogen) atoms. The van der Waals surface area contributed by atoms with Crippen molar-refractivity contribution in [1.29, 1.82) is 0 Å². The van der Waals surface area contributed by atoms with E-state index in [1.54, 1.807) is 19.1 Å². The molecular weight excluding hydrogens is 184 g/mol. The Hall–Kier alpha value is -1.91. The lowest BCUT2D eigenvalue weighted by Crippen LogP contribution is -2.15. The number of nitrogens with one attached hydrogen (secondary N) is 1. The summed E-state index contributed by atoms with van der Waals surface area (Å²) in [6.07, 6.45) is 0.603. The lowest BCUT2D eigenvalue weighted by molar-refractivity contribution is -0.384. The van der Waals surface area contributed by atoms with Crippen LogP contribution in [0, 0.1) is 10.1 Å². The first kappa shape index (κ1) is 10.2. The first-order chi connectivity index (χ1) is 6.65. The molecule has 1 rings (SSSR count). The second kappa shape index (κ2) is 4.36. The van der Waals surface area contributed by atoms with Gasteiger partial charge >= 0.3 is 0 Å². The highest BCUT2D eigenvalue weighted by Crippen LogP contribution is 2.16. The summed E-state index contributed by atoms with van der Waals surface area (Å²) in [5.41, 5.74) is 0.884. The van der Waals surface area contributed by atoms with Crippen LogP contribution in [0.2, 0.25) is 0 Å². The van der Waals surface area contributed by atoms with Crippen LogP contribution in [-0.2, 0) is 4.79 Å². The van der Waals surface area contributed by atoms with Gasteiger partial charge in [-0.3, -0.25) is 14.9 Å². The number of benzene rings is 1. The van der Waals surface area contributed by atoms with E-state index in [-0.39, 0.29) is 11.7 Å². The molecule has 0 heterocycles. The SMILES string of the molecule is C[C@@H](NC=O)c1ccc([N+](=O)[O-])cc1. The molecule has 1 N–H and O–H groups in total. The first-order valence-electron chi connectivity index (χ1n) is 4.09. The predicted molar refractivity (Wildman–Crippen MR) is 50.7 cm³/mol. The molecule has 0 radical (unpaired) electrons. The first-order valence-corrected chi connectivity index (χ1v) is 4.09. The van der Waals surface area contributed by atoms with Gasteiger partial charge in [-0.2, -0.15) is 0 Å². The average Bonchev–Trinajstić information content (AvgIpc) is 2.18. The Morgan fingerprint density at radius 1 is 1.43 bits per heavy atom. The van der Waals surface area contributed by atoms with Gasteiger partial charge in [-0.25, -0.2) is 0 Å². The van der Waals surface area contributed by atoms with E-state index in [4.69, 9.17) is 0 Å². The van der Waals surface area contributed by atoms with Gasteiger partial charge < -0.3 is 5.32 Å². The van der Waals surface area contributed by atoms with Gasteiger partial charge in [-0.05, 0) is 12.5 Å². The zero-order valence-corrected chi connectivity index (χ0v) is 7.64. The van der Waals surface area contributed by atoms with Crippen molar-refractivity contribution in [1.82, 2.24) is 5.32 Å². The fraction of sp³-hybridized carbons (Fsp3) is 0.222. The molecule has 5 nitrogen and oxygen atoms in total. The van der Waals surface area contributed by atoms with Crippen LogP contribution < -0.4 is 5.32 Å². The summed E-state index contributed by atoms with van der Waals surface area (Å²) in [5.74, 6) is 0. The minimum absolute atomic E-state index is 0.0482. The van der Waals surface area contributed by atoms with Gasteiger partial charge in [0.05, 0.1) is 11.0 Å². The Kier molecular flexibility index (Phi) is 3.17. The van der Waals surface area contributed by atoms with E-state index < -0.39 is 4.92 Å². The Morgan fingerprint density at radius 2 is 2.00 bits per heavy atom. The molecule has 5 heteroatoms. The summed E-state index contributed by atoms with van der Waals surface area (Å²) in [4.78, 5) is 20.0. The number of non-ortho nitro benzene ring substituents is 1. The van der Waals surface area contributed by atoms with E-state index in [2.05, 4.69) is 5.32 Å². The molecule has 0 aliphatic rings. The molecule has 0 bridgehead atoms. The zero-order chi connectivity index (χ0) is 10.6. The summed E-state index contributed by atoms with van der Waals surface area (Å²) in [5, 5.41) is 12.9. The van der Waals surface area contributed by atoms with E-state index >= 15 is 0 Å². The van der Waals surface area contributed by atoms with Crippen LogP contribution in [0.15, 0.2) is 24.3 Å². The van der Waals surface area contributed by atoms with E-state index in [0.29, 0.717) is 6.41 Å². The van der Waals surface area contributed by atoms with Crippen molar-refractivity contribution >= 4 is 12.1 Å². The average molecular weight is 194 g/mol. The van der Waals surface area contributed by atoms with Crippen LogP contribution in [0.3, 0.4) is 0 Å². The molecule has 0 saturated heterocycles. The normalized spacial score (nSPS) is 11.8. The third kappa shape index (κ3) is 2.29. The van der Waals surface area contributed by atoms with E-state index in [0.717, 1.165) is 5.56 Å². The Bertz CT molecular complexity index is 334. The number of rotatable bonds is 4. The van der Waals surface area contributed by atoms with Gasteiger partial charge in [0.2, 0.25) is 6.41 Å². The minimum Gasteiger partial charge on any atom is -0.352 e. The fourth-order valence-electron chi connectivity index (χ4n) is 1.08. The third-order valence-electron chi connectivity index (χ3n) is 1.92. The van der Waals surface area contributed by atoms with Crippen LogP contribution in [0.25, 0.3) is 0 Å². The Morgan fingerprint density at radius 3 is 2.43 bits per heavy atom. The molecule has 0 unspecified atom stereocenters. The number of nitro benzene ring substituents is 1. The Labute approximate surface area is 80.9 Å². The number of carbonyl (C=O) groups is 1. The number of hydrogen-bond acceptors (Lipinski definition) is 3. The molecule has 0 aliphatic heterocycles. The highest BCUT2D eigenvalue weighted by atomic mass is 16.6. The van der Waals surface area contributed by atoms with Gasteiger partial charge in [0, 0.05) is 12.1 Å². The van der Waals surface area contributed by atoms with Crippen LogP contribution in [0.1, 0.15) is 18.5 Å². The maximum absolute atomic E-state index is 10.3. The van der Waals surface area contributed by atoms with Gasteiger partial charge in [-0.15, -0.1) is 0 Å². The van der Waals surface area contributed by atoms with Crippen molar-refractivity contribution in [3.63, 3.8) is 0 Å². The lowest BCUT2D eigenvalue weighted by Gasteiger charge is -2.09. The van der Waals surface area contributed by atoms with Crippen LogP contribution >= 0.6 is 0 Å². The summed E-state index contributed by atoms with van der Waals surface area (Å²) in [6.45, 7) is 1.80. The molecule has 0 aromatic heterocycles. The van der Waals surface area contributed by atoms with Crippen molar-refractivity contribution in [2.75, 3.05) is 0 Å². The largest absolute Gasteiger partial charge is 0.352 e. The number of hydrogen-bond donors (Lipinski definition) is 1. The number of nitro groups is 1. The van der Waals surface area contributed by atoms with Crippen LogP contribution in [0.5, 0.6) is 0 Å². The van der Waals surface area contributed by atoms with Crippen LogP contribution in [-0.4, -0.2) is 11.3 Å². The number of amides is 1. The number of carbonyl (C=O) groups excluding carboxylic acids is 1. The minimum atomic E-state index is -0.457. The van der Waals surface area contributed by atoms with Crippen molar-refractivity contribution in [2.24, 2.45) is 0 Å². The molecule has 0 fully saturated rings. The topological polar surface area (TPSA) is 72.2 Å². The molecule has 1 amide bonds. The predicted octanol–water partition coefficient (Wildman–Crippen LogP) is 1.40.